The number of para-hydroxylation sites is 1. The maximum atomic E-state index is 13.1. The Labute approximate surface area is 209 Å². The van der Waals surface area contributed by atoms with Crippen LogP contribution in [0.2, 0.25) is 0 Å². The van der Waals surface area contributed by atoms with Crippen molar-refractivity contribution in [3.8, 4) is 5.75 Å². The molecule has 0 heterocycles. The van der Waals surface area contributed by atoms with Gasteiger partial charge < -0.3 is 19.3 Å². The van der Waals surface area contributed by atoms with Gasteiger partial charge in [0, 0.05) is 24.1 Å². The smallest absolute Gasteiger partial charge is 0.412 e. The Hall–Kier alpha value is -3.92. The average Bonchev–Trinajstić information content (AvgIpc) is 2.91. The van der Waals surface area contributed by atoms with Gasteiger partial charge in [-0.3, -0.25) is 15.3 Å². The predicted molar refractivity (Wildman–Crippen MR) is 135 cm³/mol. The molecule has 0 fully saturated rings. The molecule has 2 atom stereocenters. The van der Waals surface area contributed by atoms with Crippen LogP contribution in [0.4, 0.5) is 10.5 Å². The molecule has 0 aliphatic heterocycles. The van der Waals surface area contributed by atoms with E-state index in [1.807, 2.05) is 36.4 Å². The number of benzene rings is 3. The Morgan fingerprint density at radius 3 is 2.56 bits per heavy atom. The molecule has 3 rings (SSSR count). The lowest BCUT2D eigenvalue weighted by Crippen LogP contribution is -2.28. The zero-order valence-electron chi connectivity index (χ0n) is 19.9. The van der Waals surface area contributed by atoms with Gasteiger partial charge in [0.25, 0.3) is 5.91 Å². The molecule has 0 spiro atoms. The number of aliphatic hydroxyl groups excluding tert-OH is 1. The quantitative estimate of drug-likeness (QED) is 0.167. The van der Waals surface area contributed by atoms with Crippen molar-refractivity contribution in [2.75, 3.05) is 25.6 Å². The van der Waals surface area contributed by atoms with Gasteiger partial charge in [0.2, 0.25) is 0 Å². The van der Waals surface area contributed by atoms with Crippen LogP contribution in [-0.4, -0.2) is 48.7 Å². The van der Waals surface area contributed by atoms with Gasteiger partial charge in [-0.1, -0.05) is 60.7 Å². The number of hydrogen-bond donors (Lipinski definition) is 4. The van der Waals surface area contributed by atoms with Crippen molar-refractivity contribution in [1.82, 2.24) is 5.48 Å². The van der Waals surface area contributed by atoms with Crippen molar-refractivity contribution in [2.45, 2.75) is 25.0 Å². The average molecular weight is 495 g/mol. The van der Waals surface area contributed by atoms with E-state index in [-0.39, 0.29) is 13.2 Å². The highest BCUT2D eigenvalue weighted by Gasteiger charge is 2.29. The number of hydrogen-bond acceptors (Lipinski definition) is 7. The number of rotatable bonds is 12. The molecule has 36 heavy (non-hydrogen) atoms. The summed E-state index contributed by atoms with van der Waals surface area (Å²) in [6.45, 7) is -0.102. The lowest BCUT2D eigenvalue weighted by atomic mass is 9.99. The zero-order valence-corrected chi connectivity index (χ0v) is 19.9. The maximum absolute atomic E-state index is 13.1. The van der Waals surface area contributed by atoms with Crippen molar-refractivity contribution >= 4 is 28.5 Å². The molecule has 2 amide bonds. The first kappa shape index (κ1) is 26.7. The number of carbonyl (C=O) groups excluding carboxylic acids is 2. The molecule has 0 saturated heterocycles. The largest absolute Gasteiger partial charge is 0.491 e. The van der Waals surface area contributed by atoms with E-state index in [9.17, 15) is 14.7 Å². The summed E-state index contributed by atoms with van der Waals surface area (Å²) >= 11 is 0. The molecule has 0 aliphatic rings. The van der Waals surface area contributed by atoms with Crippen LogP contribution in [0.3, 0.4) is 0 Å². The van der Waals surface area contributed by atoms with Crippen molar-refractivity contribution in [1.29, 1.82) is 0 Å². The van der Waals surface area contributed by atoms with E-state index >= 15 is 0 Å². The Bertz CT molecular complexity index is 1180. The molecular weight excluding hydrogens is 464 g/mol. The molecule has 0 aromatic heterocycles. The van der Waals surface area contributed by atoms with E-state index in [0.717, 1.165) is 10.8 Å². The van der Waals surface area contributed by atoms with Crippen LogP contribution in [0.5, 0.6) is 5.75 Å². The number of allylic oxidation sites excluding steroid dienone is 1. The summed E-state index contributed by atoms with van der Waals surface area (Å²) in [6.07, 6.45) is 1.46. The highest BCUT2D eigenvalue weighted by Crippen LogP contribution is 2.34. The lowest BCUT2D eigenvalue weighted by molar-refractivity contribution is -0.124. The fourth-order valence-electron chi connectivity index (χ4n) is 3.81. The van der Waals surface area contributed by atoms with E-state index in [0.29, 0.717) is 29.8 Å². The van der Waals surface area contributed by atoms with Gasteiger partial charge >= 0.3 is 6.09 Å². The van der Waals surface area contributed by atoms with E-state index in [1.54, 1.807) is 36.4 Å². The standard InChI is InChI=1S/C27H30N2O7/c1-34-24(15-6-7-16-25(31)29-33)26(21-12-4-5-14-23(21)35-18-17-30)36-27(32)28-22-13-8-10-19-9-2-3-11-20(19)22/h2-5,7-14,16,24,26,30,33H,6,15,17-18H2,1H3,(H,28,32)(H,29,31)/b16-7+/t24-,26-/m1/s1. The molecule has 3 aromatic carbocycles. The zero-order chi connectivity index (χ0) is 25.8. The van der Waals surface area contributed by atoms with Gasteiger partial charge in [0.15, 0.2) is 6.10 Å². The highest BCUT2D eigenvalue weighted by molar-refractivity contribution is 6.00. The molecule has 0 aliphatic carbocycles. The summed E-state index contributed by atoms with van der Waals surface area (Å²) in [5.41, 5.74) is 2.71. The number of carbonyl (C=O) groups is 2. The normalized spacial score (nSPS) is 12.8. The molecule has 190 valence electrons. The maximum Gasteiger partial charge on any atom is 0.412 e. The van der Waals surface area contributed by atoms with E-state index in [1.165, 1.54) is 18.7 Å². The Kier molecular flexibility index (Phi) is 10.3. The van der Waals surface area contributed by atoms with Gasteiger partial charge in [0.1, 0.15) is 12.4 Å². The van der Waals surface area contributed by atoms with E-state index in [4.69, 9.17) is 19.4 Å². The monoisotopic (exact) mass is 494 g/mol. The summed E-state index contributed by atoms with van der Waals surface area (Å²) in [5, 5.41) is 22.5. The molecule has 4 N–H and O–H groups in total. The van der Waals surface area contributed by atoms with E-state index < -0.39 is 24.2 Å². The third kappa shape index (κ3) is 7.29. The SMILES string of the molecule is CO[C@H](CC/C=C/C(=O)NO)[C@H](OC(=O)Nc1cccc2ccccc12)c1ccccc1OCCO. The van der Waals surface area contributed by atoms with Crippen molar-refractivity contribution in [3.05, 3.63) is 84.4 Å². The van der Waals surface area contributed by atoms with Crippen LogP contribution in [0.15, 0.2) is 78.9 Å². The van der Waals surface area contributed by atoms with Crippen molar-refractivity contribution in [3.63, 3.8) is 0 Å². The molecular formula is C27H30N2O7. The number of anilines is 1. The summed E-state index contributed by atoms with van der Waals surface area (Å²) in [5.74, 6) is -0.194. The highest BCUT2D eigenvalue weighted by atomic mass is 16.6. The number of ether oxygens (including phenoxy) is 3. The van der Waals surface area contributed by atoms with Crippen LogP contribution in [0, 0.1) is 0 Å². The number of amides is 2. The minimum Gasteiger partial charge on any atom is -0.491 e. The number of fused-ring (bicyclic) bond motifs is 1. The molecule has 9 nitrogen and oxygen atoms in total. The van der Waals surface area contributed by atoms with E-state index in [2.05, 4.69) is 5.32 Å². The van der Waals surface area contributed by atoms with Crippen molar-refractivity contribution < 1.29 is 34.1 Å². The first-order chi connectivity index (χ1) is 17.6. The van der Waals surface area contributed by atoms with Gasteiger partial charge in [-0.25, -0.2) is 10.3 Å². The summed E-state index contributed by atoms with van der Waals surface area (Å²) < 4.78 is 17.3. The third-order valence-electron chi connectivity index (χ3n) is 5.47. The first-order valence-electron chi connectivity index (χ1n) is 11.5. The fourth-order valence-corrected chi connectivity index (χ4v) is 3.81. The molecule has 0 radical (unpaired) electrons. The van der Waals surface area contributed by atoms with Crippen LogP contribution in [0.25, 0.3) is 10.8 Å². The summed E-state index contributed by atoms with van der Waals surface area (Å²) in [6, 6.07) is 20.3. The Balaban J connectivity index is 1.85. The first-order valence-corrected chi connectivity index (χ1v) is 11.5. The second-order valence-corrected chi connectivity index (χ2v) is 7.82. The summed E-state index contributed by atoms with van der Waals surface area (Å²) in [4.78, 5) is 24.3. The molecule has 9 heteroatoms. The summed E-state index contributed by atoms with van der Waals surface area (Å²) in [7, 11) is 1.50. The topological polar surface area (TPSA) is 126 Å². The van der Waals surface area contributed by atoms with Gasteiger partial charge in [-0.2, -0.15) is 0 Å². The Morgan fingerprint density at radius 1 is 1.03 bits per heavy atom. The van der Waals surface area contributed by atoms with Gasteiger partial charge in [0.05, 0.1) is 18.4 Å². The number of aliphatic hydroxyl groups is 1. The number of nitrogens with one attached hydrogen (secondary N) is 2. The minimum absolute atomic E-state index is 0.0720. The fraction of sp³-hybridized carbons (Fsp3) is 0.259. The van der Waals surface area contributed by atoms with Crippen LogP contribution in [-0.2, 0) is 14.3 Å². The lowest BCUT2D eigenvalue weighted by Gasteiger charge is -2.28. The van der Waals surface area contributed by atoms with Gasteiger partial charge in [-0.15, -0.1) is 0 Å². The Morgan fingerprint density at radius 2 is 1.78 bits per heavy atom. The number of methoxy groups -OCH3 is 1. The second kappa shape index (κ2) is 13.8. The molecule has 0 saturated carbocycles. The molecule has 3 aromatic rings. The second-order valence-electron chi connectivity index (χ2n) is 7.82. The van der Waals surface area contributed by atoms with Crippen LogP contribution < -0.4 is 15.5 Å². The molecule has 0 unspecified atom stereocenters. The minimum atomic E-state index is -0.861. The van der Waals surface area contributed by atoms with Crippen molar-refractivity contribution in [2.24, 2.45) is 0 Å². The molecule has 0 bridgehead atoms. The number of hydroxylamine groups is 1. The third-order valence-corrected chi connectivity index (χ3v) is 5.47. The van der Waals surface area contributed by atoms with Crippen LogP contribution >= 0.6 is 0 Å². The van der Waals surface area contributed by atoms with Crippen LogP contribution in [0.1, 0.15) is 24.5 Å². The van der Waals surface area contributed by atoms with Gasteiger partial charge in [-0.05, 0) is 30.4 Å². The predicted octanol–water partition coefficient (Wildman–Crippen LogP) is 4.36.